The summed E-state index contributed by atoms with van der Waals surface area (Å²) in [6.45, 7) is 0.848. The van der Waals surface area contributed by atoms with Gasteiger partial charge in [-0.05, 0) is 46.5 Å². The normalized spacial score (nSPS) is 12.7. The number of halogens is 2. The Morgan fingerprint density at radius 3 is 2.57 bits per heavy atom. The van der Waals surface area contributed by atoms with Crippen LogP contribution in [-0.2, 0) is 13.0 Å². The highest BCUT2D eigenvalue weighted by molar-refractivity contribution is 7.17. The minimum atomic E-state index is -0.560. The largest absolute Gasteiger partial charge is 0.329 e. The number of hydrogen-bond acceptors (Lipinski definition) is 3. The molecule has 2 nitrogen and oxygen atoms in total. The van der Waals surface area contributed by atoms with Crippen LogP contribution in [0.4, 0.5) is 8.78 Å². The minimum absolute atomic E-state index is 0.0549. The number of nitrogens with two attached hydrogens (primary N) is 1. The van der Waals surface area contributed by atoms with Crippen molar-refractivity contribution in [2.24, 2.45) is 5.73 Å². The maximum atomic E-state index is 13.2. The zero-order valence-corrected chi connectivity index (χ0v) is 13.4. The van der Waals surface area contributed by atoms with Crippen LogP contribution in [0.1, 0.15) is 11.1 Å². The zero-order chi connectivity index (χ0) is 16.2. The van der Waals surface area contributed by atoms with Gasteiger partial charge in [0.2, 0.25) is 0 Å². The van der Waals surface area contributed by atoms with Gasteiger partial charge in [0.1, 0.15) is 11.6 Å². The summed E-state index contributed by atoms with van der Waals surface area (Å²) in [6, 6.07) is 11.9. The highest BCUT2D eigenvalue weighted by Gasteiger charge is 2.11. The van der Waals surface area contributed by atoms with Gasteiger partial charge in [0.25, 0.3) is 0 Å². The van der Waals surface area contributed by atoms with Crippen LogP contribution in [0.2, 0.25) is 0 Å². The van der Waals surface area contributed by atoms with Gasteiger partial charge < -0.3 is 11.1 Å². The summed E-state index contributed by atoms with van der Waals surface area (Å²) in [6.07, 6.45) is 0.790. The van der Waals surface area contributed by atoms with Crippen molar-refractivity contribution in [2.45, 2.75) is 19.0 Å². The molecule has 5 heteroatoms. The number of fused-ring (bicyclic) bond motifs is 1. The third-order valence-electron chi connectivity index (χ3n) is 3.83. The lowest BCUT2D eigenvalue weighted by Gasteiger charge is -2.17. The van der Waals surface area contributed by atoms with Gasteiger partial charge in [0, 0.05) is 29.9 Å². The first-order chi connectivity index (χ1) is 11.2. The quantitative estimate of drug-likeness (QED) is 0.720. The van der Waals surface area contributed by atoms with Crippen LogP contribution in [0.15, 0.2) is 47.8 Å². The first kappa shape index (κ1) is 16.1. The Hall–Kier alpha value is -1.82. The van der Waals surface area contributed by atoms with E-state index < -0.39 is 11.6 Å². The fourth-order valence-electron chi connectivity index (χ4n) is 2.67. The Kier molecular flexibility index (Phi) is 5.00. The van der Waals surface area contributed by atoms with E-state index in [9.17, 15) is 8.78 Å². The Labute approximate surface area is 137 Å². The van der Waals surface area contributed by atoms with Gasteiger partial charge in [-0.2, -0.15) is 0 Å². The summed E-state index contributed by atoms with van der Waals surface area (Å²) in [5.41, 5.74) is 7.68. The summed E-state index contributed by atoms with van der Waals surface area (Å²) in [7, 11) is 0. The van der Waals surface area contributed by atoms with Crippen molar-refractivity contribution in [2.75, 3.05) is 6.54 Å². The van der Waals surface area contributed by atoms with Crippen LogP contribution >= 0.6 is 11.3 Å². The number of hydrogen-bond donors (Lipinski definition) is 2. The van der Waals surface area contributed by atoms with Crippen molar-refractivity contribution < 1.29 is 8.78 Å². The molecule has 0 fully saturated rings. The fourth-order valence-corrected chi connectivity index (χ4v) is 3.65. The van der Waals surface area contributed by atoms with Crippen LogP contribution in [0.25, 0.3) is 10.1 Å². The molecule has 1 aromatic heterocycles. The predicted molar refractivity (Wildman–Crippen MR) is 91.6 cm³/mol. The lowest BCUT2D eigenvalue weighted by atomic mass is 10.0. The smallest absolute Gasteiger partial charge is 0.126 e. The lowest BCUT2D eigenvalue weighted by molar-refractivity contribution is 0.512. The first-order valence-electron chi connectivity index (χ1n) is 7.49. The molecule has 0 bridgehead atoms. The molecule has 0 aliphatic carbocycles. The molecular formula is C18H18F2N2S. The lowest BCUT2D eigenvalue weighted by Crippen LogP contribution is -2.37. The molecule has 3 N–H and O–H groups in total. The van der Waals surface area contributed by atoms with E-state index >= 15 is 0 Å². The molecule has 0 saturated carbocycles. The summed E-state index contributed by atoms with van der Waals surface area (Å²) >= 11 is 1.72. The van der Waals surface area contributed by atoms with Crippen molar-refractivity contribution >= 4 is 21.4 Å². The van der Waals surface area contributed by atoms with E-state index in [4.69, 9.17) is 5.73 Å². The third-order valence-corrected chi connectivity index (χ3v) is 4.84. The number of thiophene rings is 1. The molecule has 0 saturated heterocycles. The molecule has 0 amide bonds. The van der Waals surface area contributed by atoms with Crippen molar-refractivity contribution in [1.29, 1.82) is 0 Å². The summed E-state index contributed by atoms with van der Waals surface area (Å²) in [4.78, 5) is 0. The molecule has 3 rings (SSSR count). The molecule has 1 heterocycles. The SMILES string of the molecule is NCC(Cc1csc2ccccc12)NCc1cc(F)cc(F)c1. The van der Waals surface area contributed by atoms with Gasteiger partial charge >= 0.3 is 0 Å². The second-order valence-corrected chi connectivity index (χ2v) is 6.46. The Morgan fingerprint density at radius 2 is 1.83 bits per heavy atom. The Morgan fingerprint density at radius 1 is 1.09 bits per heavy atom. The van der Waals surface area contributed by atoms with Gasteiger partial charge in [-0.25, -0.2) is 8.78 Å². The second kappa shape index (κ2) is 7.17. The van der Waals surface area contributed by atoms with Crippen LogP contribution < -0.4 is 11.1 Å². The van der Waals surface area contributed by atoms with Crippen LogP contribution in [0.5, 0.6) is 0 Å². The minimum Gasteiger partial charge on any atom is -0.329 e. The second-order valence-electron chi connectivity index (χ2n) is 5.55. The maximum Gasteiger partial charge on any atom is 0.126 e. The summed E-state index contributed by atoms with van der Waals surface area (Å²) in [5.74, 6) is -1.12. The Bertz CT molecular complexity index is 780. The Balaban J connectivity index is 1.68. The van der Waals surface area contributed by atoms with Crippen LogP contribution in [0, 0.1) is 11.6 Å². The zero-order valence-electron chi connectivity index (χ0n) is 12.6. The van der Waals surface area contributed by atoms with Crippen molar-refractivity contribution in [3.05, 3.63) is 70.6 Å². The highest BCUT2D eigenvalue weighted by atomic mass is 32.1. The van der Waals surface area contributed by atoms with E-state index in [1.165, 1.54) is 27.8 Å². The van der Waals surface area contributed by atoms with E-state index in [0.29, 0.717) is 18.7 Å². The molecule has 0 radical (unpaired) electrons. The third kappa shape index (κ3) is 3.93. The average Bonchev–Trinajstić information content (AvgIpc) is 2.93. The standard InChI is InChI=1S/C18H18F2N2S/c19-14-5-12(6-15(20)8-14)10-22-16(9-21)7-13-11-23-18-4-2-1-3-17(13)18/h1-6,8,11,16,22H,7,9-10,21H2. The molecule has 2 aromatic carbocycles. The molecule has 120 valence electrons. The van der Waals surface area contributed by atoms with E-state index in [2.05, 4.69) is 22.8 Å². The van der Waals surface area contributed by atoms with E-state index in [0.717, 1.165) is 12.5 Å². The fraction of sp³-hybridized carbons (Fsp3) is 0.222. The highest BCUT2D eigenvalue weighted by Crippen LogP contribution is 2.26. The van der Waals surface area contributed by atoms with E-state index in [-0.39, 0.29) is 6.04 Å². The summed E-state index contributed by atoms with van der Waals surface area (Å²) in [5, 5.41) is 6.68. The van der Waals surface area contributed by atoms with Crippen molar-refractivity contribution in [3.8, 4) is 0 Å². The molecule has 1 unspecified atom stereocenters. The molecule has 0 aliphatic rings. The molecule has 3 aromatic rings. The molecule has 0 aliphatic heterocycles. The molecule has 23 heavy (non-hydrogen) atoms. The predicted octanol–water partition coefficient (Wildman–Crippen LogP) is 3.84. The van der Waals surface area contributed by atoms with Crippen LogP contribution in [0.3, 0.4) is 0 Å². The van der Waals surface area contributed by atoms with Crippen molar-refractivity contribution in [1.82, 2.24) is 5.32 Å². The van der Waals surface area contributed by atoms with E-state index in [1.807, 2.05) is 12.1 Å². The number of nitrogens with one attached hydrogen (secondary N) is 1. The van der Waals surface area contributed by atoms with Gasteiger partial charge in [-0.3, -0.25) is 0 Å². The van der Waals surface area contributed by atoms with Gasteiger partial charge in [0.15, 0.2) is 0 Å². The first-order valence-corrected chi connectivity index (χ1v) is 8.37. The topological polar surface area (TPSA) is 38.0 Å². The molecule has 0 spiro atoms. The average molecular weight is 332 g/mol. The number of benzene rings is 2. The monoisotopic (exact) mass is 332 g/mol. The molecule has 1 atom stereocenters. The summed E-state index contributed by atoms with van der Waals surface area (Å²) < 4.78 is 27.7. The van der Waals surface area contributed by atoms with Gasteiger partial charge in [-0.15, -0.1) is 11.3 Å². The molecular weight excluding hydrogens is 314 g/mol. The van der Waals surface area contributed by atoms with Crippen molar-refractivity contribution in [3.63, 3.8) is 0 Å². The van der Waals surface area contributed by atoms with E-state index in [1.54, 1.807) is 11.3 Å². The van der Waals surface area contributed by atoms with Gasteiger partial charge in [0.05, 0.1) is 0 Å². The van der Waals surface area contributed by atoms with Gasteiger partial charge in [-0.1, -0.05) is 18.2 Å². The number of rotatable bonds is 6. The van der Waals surface area contributed by atoms with Crippen LogP contribution in [-0.4, -0.2) is 12.6 Å². The maximum absolute atomic E-state index is 13.2.